The Morgan fingerprint density at radius 2 is 0.529 bits per heavy atom. The molecular weight excluding hydrogens is 1070 g/mol. The molecule has 0 fully saturated rings. The van der Waals surface area contributed by atoms with Gasteiger partial charge in [0.2, 0.25) is 5.95 Å². The predicted molar refractivity (Wildman–Crippen MR) is 365 cm³/mol. The summed E-state index contributed by atoms with van der Waals surface area (Å²) in [4.78, 5) is 16.8. The van der Waals surface area contributed by atoms with Crippen molar-refractivity contribution in [2.45, 2.75) is 0 Å². The van der Waals surface area contributed by atoms with Crippen molar-refractivity contribution in [1.82, 2.24) is 24.1 Å². The van der Waals surface area contributed by atoms with Crippen molar-refractivity contribution in [2.24, 2.45) is 0 Å². The highest BCUT2D eigenvalue weighted by atomic mass is 28.3. The highest BCUT2D eigenvalue weighted by Gasteiger charge is 2.42. The van der Waals surface area contributed by atoms with Crippen molar-refractivity contribution < 1.29 is 0 Å². The van der Waals surface area contributed by atoms with Gasteiger partial charge in [-0.15, -0.1) is 0 Å². The van der Waals surface area contributed by atoms with E-state index in [-0.39, 0.29) is 0 Å². The number of benzene rings is 13. The first-order valence-electron chi connectivity index (χ1n) is 29.7. The highest BCUT2D eigenvalue weighted by molar-refractivity contribution is 7.20. The van der Waals surface area contributed by atoms with E-state index in [2.05, 4.69) is 343 Å². The second kappa shape index (κ2) is 21.7. The maximum Gasteiger partial charge on any atom is 0.238 e. The SMILES string of the molecule is c1ccc(-c2cccc([Si](c3cccc(-c4ccccc4)c3)(c3cccc(-c4ccccc4)c3)c3cccc(-c4nc(-c5cccc(-n6c7ccccc7c7ccccc76)c5)nc(-n5c6ccccc6c6cc(-c7ccccc7)ccc65)n4)c3)c2)cc1. The van der Waals surface area contributed by atoms with Gasteiger partial charge in [-0.1, -0.05) is 291 Å². The molecule has 0 aliphatic heterocycles. The van der Waals surface area contributed by atoms with Gasteiger partial charge in [-0.25, -0.2) is 4.98 Å². The lowest BCUT2D eigenvalue weighted by Gasteiger charge is -2.35. The van der Waals surface area contributed by atoms with Crippen LogP contribution >= 0.6 is 0 Å². The molecule has 0 radical (unpaired) electrons. The van der Waals surface area contributed by atoms with Crippen LogP contribution in [-0.4, -0.2) is 32.2 Å². The Hall–Kier alpha value is -11.3. The van der Waals surface area contributed by atoms with E-state index in [1.54, 1.807) is 0 Å². The lowest BCUT2D eigenvalue weighted by Crippen LogP contribution is -2.74. The van der Waals surface area contributed by atoms with Crippen molar-refractivity contribution in [3.05, 3.63) is 334 Å². The molecule has 3 aromatic heterocycles. The molecule has 0 bridgehead atoms. The number of nitrogens with zero attached hydrogens (tertiary/aromatic N) is 5. The quantitative estimate of drug-likeness (QED) is 0.0905. The summed E-state index contributed by atoms with van der Waals surface area (Å²) in [7, 11) is -3.37. The summed E-state index contributed by atoms with van der Waals surface area (Å²) in [5, 5.41) is 9.62. The fraction of sp³-hybridized carbons (Fsp3) is 0. The lowest BCUT2D eigenvalue weighted by molar-refractivity contribution is 0.953. The second-order valence-corrected chi connectivity index (χ2v) is 26.1. The Morgan fingerprint density at radius 3 is 0.977 bits per heavy atom. The van der Waals surface area contributed by atoms with Gasteiger partial charge in [0.25, 0.3) is 0 Å². The average Bonchev–Trinajstić information content (AvgIpc) is 1.25. The summed E-state index contributed by atoms with van der Waals surface area (Å²) >= 11 is 0. The van der Waals surface area contributed by atoms with Gasteiger partial charge in [0.05, 0.1) is 22.1 Å². The number of para-hydroxylation sites is 3. The Bertz CT molecular complexity index is 4970. The summed E-state index contributed by atoms with van der Waals surface area (Å²) in [5.74, 6) is 1.68. The maximum atomic E-state index is 5.66. The number of aromatic nitrogens is 5. The molecule has 0 N–H and O–H groups in total. The molecule has 0 spiro atoms. The fourth-order valence-electron chi connectivity index (χ4n) is 13.3. The standard InChI is InChI=1S/C81H55N5Si/c1-5-24-56(25-6-1)60-32-20-38-67(51-60)87(68-39-21-33-61(52-68)57-26-7-2-8-27-57,69-40-22-34-62(53-69)58-28-9-3-10-29-58)70-41-23-36-65(54-70)80-82-79(64-35-19-37-66(50-64)85-75-45-16-13-42-71(75)72-43-14-17-46-76(72)85)83-81(84-80)86-77-47-18-15-44-73(77)74-55-63(48-49-78(74)86)59-30-11-4-12-31-59/h1-55H. The van der Waals surface area contributed by atoms with Crippen LogP contribution < -0.4 is 20.7 Å². The Kier molecular flexibility index (Phi) is 12.8. The predicted octanol–water partition coefficient (Wildman–Crippen LogP) is 17.4. The summed E-state index contributed by atoms with van der Waals surface area (Å²) in [5.41, 5.74) is 16.4. The van der Waals surface area contributed by atoms with Gasteiger partial charge in [0, 0.05) is 38.4 Å². The first-order valence-corrected chi connectivity index (χ1v) is 31.7. The van der Waals surface area contributed by atoms with Crippen LogP contribution in [0.4, 0.5) is 0 Å². The Morgan fingerprint density at radius 1 is 0.207 bits per heavy atom. The molecule has 408 valence electrons. The zero-order valence-corrected chi connectivity index (χ0v) is 48.5. The third-order valence-corrected chi connectivity index (χ3v) is 22.0. The van der Waals surface area contributed by atoms with E-state index in [1.165, 1.54) is 48.2 Å². The van der Waals surface area contributed by atoms with Crippen molar-refractivity contribution in [1.29, 1.82) is 0 Å². The van der Waals surface area contributed by atoms with Crippen LogP contribution in [-0.2, 0) is 0 Å². The van der Waals surface area contributed by atoms with E-state index in [4.69, 9.17) is 15.0 Å². The van der Waals surface area contributed by atoms with Crippen molar-refractivity contribution in [3.8, 4) is 78.9 Å². The number of hydrogen-bond acceptors (Lipinski definition) is 3. The molecule has 0 saturated heterocycles. The summed E-state index contributed by atoms with van der Waals surface area (Å²) in [6.07, 6.45) is 0. The van der Waals surface area contributed by atoms with Gasteiger partial charge in [-0.05, 0) is 108 Å². The third-order valence-electron chi connectivity index (χ3n) is 17.3. The highest BCUT2D eigenvalue weighted by Crippen LogP contribution is 2.37. The van der Waals surface area contributed by atoms with Crippen molar-refractivity contribution >= 4 is 72.4 Å². The van der Waals surface area contributed by atoms with E-state index in [0.29, 0.717) is 17.6 Å². The molecule has 13 aromatic carbocycles. The average molecular weight is 1130 g/mol. The molecule has 16 rings (SSSR count). The molecule has 3 heterocycles. The molecule has 0 amide bonds. The summed E-state index contributed by atoms with van der Waals surface area (Å²) < 4.78 is 4.58. The van der Waals surface area contributed by atoms with Crippen molar-refractivity contribution in [2.75, 3.05) is 0 Å². The van der Waals surface area contributed by atoms with Crippen molar-refractivity contribution in [3.63, 3.8) is 0 Å². The molecule has 87 heavy (non-hydrogen) atoms. The van der Waals surface area contributed by atoms with Crippen LogP contribution in [0.3, 0.4) is 0 Å². The molecule has 0 aliphatic carbocycles. The minimum absolute atomic E-state index is 0.534. The van der Waals surface area contributed by atoms with Gasteiger partial charge >= 0.3 is 0 Å². The normalized spacial score (nSPS) is 11.7. The maximum absolute atomic E-state index is 5.66. The zero-order chi connectivity index (χ0) is 57.7. The first-order chi connectivity index (χ1) is 43.1. The molecule has 16 aromatic rings. The third kappa shape index (κ3) is 9.06. The van der Waals surface area contributed by atoms with E-state index < -0.39 is 8.07 Å². The fourth-order valence-corrected chi connectivity index (χ4v) is 18.2. The molecule has 0 saturated carbocycles. The van der Waals surface area contributed by atoms with Gasteiger partial charge in [0.15, 0.2) is 19.7 Å². The van der Waals surface area contributed by atoms with E-state index in [9.17, 15) is 0 Å². The largest absolute Gasteiger partial charge is 0.309 e. The van der Waals surface area contributed by atoms with E-state index in [0.717, 1.165) is 77.5 Å². The molecule has 0 aliphatic rings. The van der Waals surface area contributed by atoms with Crippen LogP contribution in [0, 0.1) is 0 Å². The topological polar surface area (TPSA) is 48.5 Å². The van der Waals surface area contributed by atoms with Crippen LogP contribution in [0.5, 0.6) is 0 Å². The van der Waals surface area contributed by atoms with E-state index in [1.807, 2.05) is 0 Å². The van der Waals surface area contributed by atoms with Gasteiger partial charge in [-0.2, -0.15) is 9.97 Å². The number of hydrogen-bond donors (Lipinski definition) is 0. The van der Waals surface area contributed by atoms with Crippen LogP contribution in [0.15, 0.2) is 334 Å². The minimum Gasteiger partial charge on any atom is -0.309 e. The Labute approximate surface area is 506 Å². The van der Waals surface area contributed by atoms with Crippen LogP contribution in [0.25, 0.3) is 123 Å². The summed E-state index contributed by atoms with van der Waals surface area (Å²) in [6, 6.07) is 121. The molecule has 0 unspecified atom stereocenters. The van der Waals surface area contributed by atoms with Gasteiger partial charge < -0.3 is 4.57 Å². The number of fused-ring (bicyclic) bond motifs is 6. The van der Waals surface area contributed by atoms with Gasteiger partial charge in [0.1, 0.15) is 0 Å². The molecule has 0 atom stereocenters. The molecule has 6 heteroatoms. The van der Waals surface area contributed by atoms with E-state index >= 15 is 0 Å². The second-order valence-electron chi connectivity index (χ2n) is 22.3. The van der Waals surface area contributed by atoms with Crippen LogP contribution in [0.2, 0.25) is 0 Å². The Balaban J connectivity index is 0.962. The zero-order valence-electron chi connectivity index (χ0n) is 47.5. The number of rotatable bonds is 12. The smallest absolute Gasteiger partial charge is 0.238 e. The molecular formula is C81H55N5Si. The first kappa shape index (κ1) is 51.3. The van der Waals surface area contributed by atoms with Crippen LogP contribution in [0.1, 0.15) is 0 Å². The summed E-state index contributed by atoms with van der Waals surface area (Å²) in [6.45, 7) is 0. The molecule has 5 nitrogen and oxygen atoms in total. The lowest BCUT2D eigenvalue weighted by atomic mass is 10.0. The minimum atomic E-state index is -3.37. The monoisotopic (exact) mass is 1130 g/mol. The van der Waals surface area contributed by atoms with Gasteiger partial charge in [-0.3, -0.25) is 4.57 Å².